The summed E-state index contributed by atoms with van der Waals surface area (Å²) in [6.45, 7) is 24.0. The van der Waals surface area contributed by atoms with E-state index in [0.29, 0.717) is 0 Å². The average molecular weight is 487 g/mol. The number of hydrogen-bond donors (Lipinski definition) is 0. The highest BCUT2D eigenvalue weighted by Crippen LogP contribution is 2.21. The maximum absolute atomic E-state index is 6.44. The first-order valence-corrected chi connectivity index (χ1v) is 15.3. The van der Waals surface area contributed by atoms with Gasteiger partial charge in [0.25, 0.3) is 0 Å². The van der Waals surface area contributed by atoms with Crippen molar-refractivity contribution in [1.29, 1.82) is 0 Å². The van der Waals surface area contributed by atoms with E-state index < -0.39 is 17.6 Å². The summed E-state index contributed by atoms with van der Waals surface area (Å²) in [7, 11) is -6.47. The molecule has 0 aliphatic carbocycles. The van der Waals surface area contributed by atoms with Gasteiger partial charge in [0, 0.05) is 47.0 Å². The molecule has 32 heavy (non-hydrogen) atoms. The minimum absolute atomic E-state index is 0.0597. The predicted molar refractivity (Wildman–Crippen MR) is 135 cm³/mol. The van der Waals surface area contributed by atoms with Crippen molar-refractivity contribution in [3.63, 3.8) is 0 Å². The number of rotatable bonds is 14. The molecule has 0 saturated carbocycles. The Kier molecular flexibility index (Phi) is 11.7. The maximum atomic E-state index is 6.44. The van der Waals surface area contributed by atoms with Crippen molar-refractivity contribution in [3.8, 4) is 0 Å². The van der Waals surface area contributed by atoms with Crippen molar-refractivity contribution in [2.24, 2.45) is 0 Å². The first-order chi connectivity index (χ1) is 14.7. The van der Waals surface area contributed by atoms with Crippen LogP contribution in [0.2, 0.25) is 0 Å². The Hall–Kier alpha value is -0.586. The molecule has 186 valence electrons. The largest absolute Gasteiger partial charge is 0.537 e. The minimum Gasteiger partial charge on any atom is -0.367 e. The van der Waals surface area contributed by atoms with E-state index in [4.69, 9.17) is 26.6 Å². The second-order valence-corrected chi connectivity index (χ2v) is 14.5. The Labute approximate surface area is 198 Å². The van der Waals surface area contributed by atoms with Crippen LogP contribution < -0.4 is 10.4 Å². The SMILES string of the molecule is CC(C)O[Si](OC(C)C)(OC(C)C)c1cccc([Si](OC(C)C)(OC(C)C)OC(C)C)c1. The lowest BCUT2D eigenvalue weighted by Crippen LogP contribution is -2.64. The molecule has 0 aliphatic rings. The molecular weight excluding hydrogens is 440 g/mol. The smallest absolute Gasteiger partial charge is 0.367 e. The monoisotopic (exact) mass is 486 g/mol. The van der Waals surface area contributed by atoms with E-state index >= 15 is 0 Å². The van der Waals surface area contributed by atoms with E-state index in [1.165, 1.54) is 0 Å². The van der Waals surface area contributed by atoms with E-state index in [2.05, 4.69) is 6.07 Å². The van der Waals surface area contributed by atoms with E-state index in [0.717, 1.165) is 10.4 Å². The molecular formula is C24H46O6Si2. The van der Waals surface area contributed by atoms with Crippen LogP contribution in [0.25, 0.3) is 0 Å². The van der Waals surface area contributed by atoms with Gasteiger partial charge in [0.2, 0.25) is 0 Å². The summed E-state index contributed by atoms with van der Waals surface area (Å²) in [5, 5.41) is 1.77. The van der Waals surface area contributed by atoms with Gasteiger partial charge < -0.3 is 26.6 Å². The highest BCUT2D eigenvalue weighted by molar-refractivity contribution is 6.78. The van der Waals surface area contributed by atoms with Crippen LogP contribution in [0.5, 0.6) is 0 Å². The summed E-state index contributed by atoms with van der Waals surface area (Å²) in [4.78, 5) is 0. The Morgan fingerprint density at radius 2 is 0.656 bits per heavy atom. The van der Waals surface area contributed by atoms with Crippen molar-refractivity contribution >= 4 is 28.0 Å². The molecule has 0 aromatic heterocycles. The molecule has 0 aliphatic heterocycles. The third kappa shape index (κ3) is 8.98. The normalized spacial score (nSPS) is 13.6. The van der Waals surface area contributed by atoms with Gasteiger partial charge in [-0.15, -0.1) is 0 Å². The van der Waals surface area contributed by atoms with Crippen molar-refractivity contribution in [2.45, 2.75) is 120 Å². The zero-order valence-corrected chi connectivity index (χ0v) is 24.2. The lowest BCUT2D eigenvalue weighted by atomic mass is 10.4. The van der Waals surface area contributed by atoms with Crippen molar-refractivity contribution < 1.29 is 26.6 Å². The fraction of sp³-hybridized carbons (Fsp3) is 0.750. The molecule has 0 atom stereocenters. The third-order valence-corrected chi connectivity index (χ3v) is 10.6. The van der Waals surface area contributed by atoms with Gasteiger partial charge >= 0.3 is 17.6 Å². The molecule has 0 heterocycles. The van der Waals surface area contributed by atoms with Gasteiger partial charge in [-0.2, -0.15) is 0 Å². The third-order valence-electron chi connectivity index (χ3n) is 3.91. The van der Waals surface area contributed by atoms with Crippen LogP contribution in [-0.4, -0.2) is 54.2 Å². The molecule has 1 aromatic carbocycles. The van der Waals surface area contributed by atoms with E-state index in [1.807, 2.05) is 101 Å². The van der Waals surface area contributed by atoms with E-state index in [9.17, 15) is 0 Å². The Morgan fingerprint density at radius 3 is 0.844 bits per heavy atom. The molecule has 1 aromatic rings. The molecule has 0 unspecified atom stereocenters. The van der Waals surface area contributed by atoms with E-state index in [1.54, 1.807) is 0 Å². The lowest BCUT2D eigenvalue weighted by Gasteiger charge is -2.37. The Bertz CT molecular complexity index is 570. The molecule has 0 radical (unpaired) electrons. The zero-order valence-electron chi connectivity index (χ0n) is 22.2. The van der Waals surface area contributed by atoms with Crippen LogP contribution in [0.3, 0.4) is 0 Å². The standard InChI is InChI=1S/C24H46O6Si2/c1-17(2)25-31(26-18(3)4,27-19(5)6)23-14-13-15-24(16-23)32(28-20(7)8,29-21(9)10)30-22(11)12/h13-22H,1-12H3. The van der Waals surface area contributed by atoms with Gasteiger partial charge in [-0.25, -0.2) is 0 Å². The second kappa shape index (κ2) is 12.8. The quantitative estimate of drug-likeness (QED) is 0.360. The van der Waals surface area contributed by atoms with Crippen molar-refractivity contribution in [3.05, 3.63) is 24.3 Å². The Morgan fingerprint density at radius 1 is 0.438 bits per heavy atom. The lowest BCUT2D eigenvalue weighted by molar-refractivity contribution is 0.0153. The highest BCUT2D eigenvalue weighted by atomic mass is 28.4. The fourth-order valence-corrected chi connectivity index (χ4v) is 9.62. The summed E-state index contributed by atoms with van der Waals surface area (Å²) in [5.74, 6) is 0. The summed E-state index contributed by atoms with van der Waals surface area (Å²) in [5.41, 5.74) is 0. The van der Waals surface area contributed by atoms with Gasteiger partial charge in [-0.3, -0.25) is 0 Å². The fourth-order valence-electron chi connectivity index (χ4n) is 3.34. The molecule has 0 fully saturated rings. The van der Waals surface area contributed by atoms with Crippen LogP contribution in [0.15, 0.2) is 24.3 Å². The first-order valence-electron chi connectivity index (χ1n) is 11.9. The van der Waals surface area contributed by atoms with Gasteiger partial charge in [0.1, 0.15) is 0 Å². The van der Waals surface area contributed by atoms with Crippen LogP contribution in [0, 0.1) is 0 Å². The summed E-state index contributed by atoms with van der Waals surface area (Å²) in [6.07, 6.45) is -0.358. The topological polar surface area (TPSA) is 55.4 Å². The van der Waals surface area contributed by atoms with Gasteiger partial charge in [-0.05, 0) is 89.2 Å². The number of benzene rings is 1. The molecule has 0 bridgehead atoms. The average Bonchev–Trinajstić information content (AvgIpc) is 2.58. The Balaban J connectivity index is 3.72. The number of hydrogen-bond acceptors (Lipinski definition) is 6. The van der Waals surface area contributed by atoms with Crippen LogP contribution in [0.1, 0.15) is 83.1 Å². The molecule has 0 spiro atoms. The van der Waals surface area contributed by atoms with Crippen molar-refractivity contribution in [2.75, 3.05) is 0 Å². The highest BCUT2D eigenvalue weighted by Gasteiger charge is 2.51. The minimum atomic E-state index is -3.24. The van der Waals surface area contributed by atoms with Crippen LogP contribution in [-0.2, 0) is 26.6 Å². The van der Waals surface area contributed by atoms with Crippen LogP contribution >= 0.6 is 0 Å². The van der Waals surface area contributed by atoms with E-state index in [-0.39, 0.29) is 36.6 Å². The predicted octanol–water partition coefficient (Wildman–Crippen LogP) is 4.53. The van der Waals surface area contributed by atoms with Gasteiger partial charge in [-0.1, -0.05) is 18.2 Å². The molecule has 0 amide bonds. The zero-order chi connectivity index (χ0) is 24.7. The maximum Gasteiger partial charge on any atom is 0.537 e. The van der Waals surface area contributed by atoms with Gasteiger partial charge in [0.15, 0.2) is 0 Å². The molecule has 8 heteroatoms. The second-order valence-electron chi connectivity index (χ2n) is 9.69. The molecule has 0 saturated heterocycles. The first kappa shape index (κ1) is 29.4. The summed E-state index contributed by atoms with van der Waals surface area (Å²) in [6, 6.07) is 8.07. The van der Waals surface area contributed by atoms with Crippen molar-refractivity contribution in [1.82, 2.24) is 0 Å². The summed E-state index contributed by atoms with van der Waals surface area (Å²) >= 11 is 0. The van der Waals surface area contributed by atoms with Crippen LogP contribution in [0.4, 0.5) is 0 Å². The molecule has 1 rings (SSSR count). The summed E-state index contributed by atoms with van der Waals surface area (Å²) < 4.78 is 38.7. The molecule has 6 nitrogen and oxygen atoms in total. The molecule has 0 N–H and O–H groups in total. The van der Waals surface area contributed by atoms with Gasteiger partial charge in [0.05, 0.1) is 0 Å².